The van der Waals surface area contributed by atoms with Gasteiger partial charge in [0.15, 0.2) is 11.4 Å². The van der Waals surface area contributed by atoms with Gasteiger partial charge in [-0.2, -0.15) is 0 Å². The van der Waals surface area contributed by atoms with Gasteiger partial charge in [0.25, 0.3) is 0 Å². The van der Waals surface area contributed by atoms with Crippen LogP contribution in [0.2, 0.25) is 0 Å². The number of hydrogen-bond acceptors (Lipinski definition) is 5. The summed E-state index contributed by atoms with van der Waals surface area (Å²) in [5.74, 6) is -0.892. The summed E-state index contributed by atoms with van der Waals surface area (Å²) in [6.45, 7) is 0.360. The first-order valence-corrected chi connectivity index (χ1v) is 6.99. The predicted molar refractivity (Wildman–Crippen MR) is 67.5 cm³/mol. The molecule has 0 fully saturated rings. The van der Waals surface area contributed by atoms with Crippen LogP contribution in [0.3, 0.4) is 0 Å². The SMILES string of the molecule is C[N+](C)(CCCS(=O)(=O)[O-])c1cccc(O)c1O. The molecule has 1 aromatic carbocycles. The number of nitrogens with zero attached hydrogens (tertiary/aromatic N) is 1. The van der Waals surface area contributed by atoms with Crippen molar-refractivity contribution in [3.05, 3.63) is 18.2 Å². The van der Waals surface area contributed by atoms with E-state index in [0.29, 0.717) is 12.2 Å². The Morgan fingerprint density at radius 1 is 1.28 bits per heavy atom. The molecule has 0 atom stereocenters. The van der Waals surface area contributed by atoms with Gasteiger partial charge in [0.2, 0.25) is 5.75 Å². The number of benzene rings is 1. The first kappa shape index (κ1) is 14.7. The van der Waals surface area contributed by atoms with Crippen LogP contribution >= 0.6 is 0 Å². The summed E-state index contributed by atoms with van der Waals surface area (Å²) < 4.78 is 31.7. The zero-order valence-electron chi connectivity index (χ0n) is 10.3. The fourth-order valence-corrected chi connectivity index (χ4v) is 2.25. The van der Waals surface area contributed by atoms with Gasteiger partial charge in [-0.1, -0.05) is 6.07 Å². The molecule has 0 aliphatic heterocycles. The Labute approximate surface area is 106 Å². The van der Waals surface area contributed by atoms with Crippen molar-refractivity contribution in [1.29, 1.82) is 0 Å². The molecule has 0 heterocycles. The molecular weight excluding hydrogens is 258 g/mol. The molecule has 0 unspecified atom stereocenters. The number of phenols is 2. The molecule has 6 nitrogen and oxygen atoms in total. The third-order valence-electron chi connectivity index (χ3n) is 2.76. The van der Waals surface area contributed by atoms with Gasteiger partial charge in [-0.05, 0) is 6.07 Å². The van der Waals surface area contributed by atoms with E-state index in [4.69, 9.17) is 0 Å². The number of rotatable bonds is 5. The topological polar surface area (TPSA) is 97.7 Å². The van der Waals surface area contributed by atoms with Crippen molar-refractivity contribution in [1.82, 2.24) is 4.48 Å². The van der Waals surface area contributed by atoms with E-state index in [1.165, 1.54) is 6.07 Å². The minimum atomic E-state index is -4.22. The Morgan fingerprint density at radius 3 is 2.44 bits per heavy atom. The summed E-state index contributed by atoms with van der Waals surface area (Å²) in [4.78, 5) is 0. The second-order valence-electron chi connectivity index (χ2n) is 4.67. The highest BCUT2D eigenvalue weighted by atomic mass is 32.2. The summed E-state index contributed by atoms with van der Waals surface area (Å²) in [6.07, 6.45) is 0.188. The Hall–Kier alpha value is -1.31. The normalized spacial score (nSPS) is 12.6. The molecule has 0 saturated heterocycles. The van der Waals surface area contributed by atoms with E-state index in [-0.39, 0.29) is 22.4 Å². The number of quaternary nitrogens is 1. The van der Waals surface area contributed by atoms with Crippen LogP contribution in [0.1, 0.15) is 6.42 Å². The lowest BCUT2D eigenvalue weighted by Crippen LogP contribution is -2.42. The monoisotopic (exact) mass is 275 g/mol. The molecule has 1 aromatic rings. The van der Waals surface area contributed by atoms with Gasteiger partial charge in [0.1, 0.15) is 0 Å². The molecule has 1 rings (SSSR count). The lowest BCUT2D eigenvalue weighted by atomic mass is 10.2. The minimum Gasteiger partial charge on any atom is -0.748 e. The van der Waals surface area contributed by atoms with Gasteiger partial charge in [-0.15, -0.1) is 0 Å². The van der Waals surface area contributed by atoms with E-state index >= 15 is 0 Å². The van der Waals surface area contributed by atoms with E-state index in [1.54, 1.807) is 26.2 Å². The first-order chi connectivity index (χ1) is 8.13. The molecule has 0 bridgehead atoms. The van der Waals surface area contributed by atoms with Crippen LogP contribution in [0.5, 0.6) is 11.5 Å². The van der Waals surface area contributed by atoms with Gasteiger partial charge in [-0.3, -0.25) is 4.48 Å². The third kappa shape index (κ3) is 3.86. The van der Waals surface area contributed by atoms with E-state index in [0.717, 1.165) is 0 Å². The molecule has 2 N–H and O–H groups in total. The van der Waals surface area contributed by atoms with Crippen molar-refractivity contribution in [3.8, 4) is 11.5 Å². The maximum Gasteiger partial charge on any atom is 0.219 e. The molecule has 0 amide bonds. The van der Waals surface area contributed by atoms with E-state index in [9.17, 15) is 23.2 Å². The lowest BCUT2D eigenvalue weighted by Gasteiger charge is -2.30. The summed E-state index contributed by atoms with van der Waals surface area (Å²) in [6, 6.07) is 4.59. The average Bonchev–Trinajstić information content (AvgIpc) is 2.19. The van der Waals surface area contributed by atoms with Crippen LogP contribution in [0.15, 0.2) is 18.2 Å². The van der Waals surface area contributed by atoms with Crippen molar-refractivity contribution in [2.45, 2.75) is 6.42 Å². The van der Waals surface area contributed by atoms with E-state index in [1.807, 2.05) is 0 Å². The molecule has 0 aliphatic carbocycles. The van der Waals surface area contributed by atoms with E-state index < -0.39 is 15.9 Å². The van der Waals surface area contributed by atoms with Crippen LogP contribution < -0.4 is 4.48 Å². The van der Waals surface area contributed by atoms with Gasteiger partial charge >= 0.3 is 0 Å². The van der Waals surface area contributed by atoms with Crippen molar-refractivity contribution < 1.29 is 23.2 Å². The number of phenolic OH excluding ortho intramolecular Hbond substituents is 2. The van der Waals surface area contributed by atoms with Crippen molar-refractivity contribution >= 4 is 15.8 Å². The highest BCUT2D eigenvalue weighted by molar-refractivity contribution is 7.85. The summed E-state index contributed by atoms with van der Waals surface area (Å²) in [7, 11) is -0.707. The number of hydrogen-bond donors (Lipinski definition) is 2. The van der Waals surface area contributed by atoms with Crippen molar-refractivity contribution in [2.24, 2.45) is 0 Å². The van der Waals surface area contributed by atoms with E-state index in [2.05, 4.69) is 0 Å². The van der Waals surface area contributed by atoms with Crippen LogP contribution in [0.4, 0.5) is 5.69 Å². The molecule has 102 valence electrons. The van der Waals surface area contributed by atoms with Gasteiger partial charge < -0.3 is 14.8 Å². The highest BCUT2D eigenvalue weighted by Crippen LogP contribution is 2.37. The Balaban J connectivity index is 2.83. The Bertz CT molecular complexity index is 524. The maximum atomic E-state index is 10.5. The lowest BCUT2D eigenvalue weighted by molar-refractivity contribution is 0.355. The summed E-state index contributed by atoms with van der Waals surface area (Å²) in [5.41, 5.74) is 0.471. The molecule has 0 aliphatic rings. The van der Waals surface area contributed by atoms with Crippen LogP contribution in [0.25, 0.3) is 0 Å². The Kier molecular flexibility index (Phi) is 4.20. The molecule has 0 radical (unpaired) electrons. The highest BCUT2D eigenvalue weighted by Gasteiger charge is 2.24. The second-order valence-corrected chi connectivity index (χ2v) is 6.19. The van der Waals surface area contributed by atoms with Crippen molar-refractivity contribution in [3.63, 3.8) is 0 Å². The van der Waals surface area contributed by atoms with Gasteiger partial charge in [-0.25, -0.2) is 8.42 Å². The molecule has 7 heteroatoms. The zero-order valence-corrected chi connectivity index (χ0v) is 11.1. The van der Waals surface area contributed by atoms with Crippen LogP contribution in [0, 0.1) is 0 Å². The van der Waals surface area contributed by atoms with Crippen LogP contribution in [-0.4, -0.2) is 49.6 Å². The molecular formula is C11H17NO5S. The summed E-state index contributed by atoms with van der Waals surface area (Å²) >= 11 is 0. The molecule has 0 spiro atoms. The second kappa shape index (κ2) is 5.13. The molecule has 18 heavy (non-hydrogen) atoms. The number of aromatic hydroxyl groups is 2. The fraction of sp³-hybridized carbons (Fsp3) is 0.455. The largest absolute Gasteiger partial charge is 0.748 e. The quantitative estimate of drug-likeness (QED) is 0.466. The zero-order chi connectivity index (χ0) is 14.0. The fourth-order valence-electron chi connectivity index (χ4n) is 1.77. The molecule has 0 aromatic heterocycles. The van der Waals surface area contributed by atoms with Gasteiger partial charge in [0, 0.05) is 18.2 Å². The smallest absolute Gasteiger partial charge is 0.219 e. The van der Waals surface area contributed by atoms with Gasteiger partial charge in [0.05, 0.1) is 30.8 Å². The summed E-state index contributed by atoms with van der Waals surface area (Å²) in [5, 5.41) is 19.2. The van der Waals surface area contributed by atoms with Crippen molar-refractivity contribution in [2.75, 3.05) is 26.4 Å². The standard InChI is InChI=1S/C11H17NO5S/c1-12(2,7-4-8-18(15,16)17)9-5-3-6-10(13)11(9)14/h3,5-6H,4,7-8H2,1-2H3,(H2-,13,14,15,16,17). The van der Waals surface area contributed by atoms with Crippen LogP contribution in [-0.2, 0) is 10.1 Å². The first-order valence-electron chi connectivity index (χ1n) is 5.41. The third-order valence-corrected chi connectivity index (χ3v) is 3.55. The molecule has 0 saturated carbocycles. The Morgan fingerprint density at radius 2 is 1.89 bits per heavy atom. The number of para-hydroxylation sites is 1. The maximum absolute atomic E-state index is 10.5. The predicted octanol–water partition coefficient (Wildman–Crippen LogP) is 0.600. The average molecular weight is 275 g/mol. The minimum absolute atomic E-state index is 0.176.